The van der Waals surface area contributed by atoms with Gasteiger partial charge < -0.3 is 14.2 Å². The summed E-state index contributed by atoms with van der Waals surface area (Å²) in [6.45, 7) is 12.0. The lowest BCUT2D eigenvalue weighted by atomic mass is 9.92. The molecule has 0 spiro atoms. The van der Waals surface area contributed by atoms with Gasteiger partial charge in [0.05, 0.1) is 32.0 Å². The number of likely N-dealkylation sites (tertiary alicyclic amines) is 1. The van der Waals surface area contributed by atoms with Crippen molar-refractivity contribution in [1.82, 2.24) is 14.5 Å². The van der Waals surface area contributed by atoms with Crippen LogP contribution in [0.2, 0.25) is 0 Å². The fourth-order valence-corrected chi connectivity index (χ4v) is 7.47. The highest BCUT2D eigenvalue weighted by Gasteiger charge is 2.32. The summed E-state index contributed by atoms with van der Waals surface area (Å²) in [4.78, 5) is 7.48. The van der Waals surface area contributed by atoms with E-state index in [0.29, 0.717) is 17.6 Å². The number of benzene rings is 1. The number of nitrogens with zero attached hydrogens (tertiary/aromatic N) is 3. The molecule has 3 atom stereocenters. The van der Waals surface area contributed by atoms with Gasteiger partial charge in [-0.1, -0.05) is 0 Å². The quantitative estimate of drug-likeness (QED) is 0.412. The molecule has 2 unspecified atom stereocenters. The molecule has 6 nitrogen and oxygen atoms in total. The van der Waals surface area contributed by atoms with Gasteiger partial charge >= 0.3 is 0 Å². The Kier molecular flexibility index (Phi) is 7.44. The first kappa shape index (κ1) is 26.3. The van der Waals surface area contributed by atoms with E-state index in [1.807, 2.05) is 23.2 Å². The Bertz CT molecular complexity index is 1380. The van der Waals surface area contributed by atoms with E-state index in [1.165, 1.54) is 24.1 Å². The summed E-state index contributed by atoms with van der Waals surface area (Å²) in [5.74, 6) is 0.816. The Hall–Kier alpha value is -2.29. The van der Waals surface area contributed by atoms with Crippen LogP contribution in [0.5, 0.6) is 0 Å². The molecule has 1 aromatic carbocycles. The lowest BCUT2D eigenvalue weighted by molar-refractivity contribution is 0.0348. The Morgan fingerprint density at radius 3 is 2.68 bits per heavy atom. The third kappa shape index (κ3) is 5.08. The standard InChI is InChI=1S/C29H39FN4O2S/c1-19(2)37(31,35)28-14-25(30)5-6-26(28)34-17-20(3)29-24(15-32-16-27(29)34)13-22-7-10-33(18-22)21(4)23-8-11-36-12-9-23/h5-6,14-17,19,21-23,31H,7-13,18H2,1-4H3/t21-,22?,37?/m1/s1. The number of hydrogen-bond acceptors (Lipinski definition) is 5. The van der Waals surface area contributed by atoms with Crippen molar-refractivity contribution in [3.05, 3.63) is 53.7 Å². The Morgan fingerprint density at radius 1 is 1.19 bits per heavy atom. The van der Waals surface area contributed by atoms with Crippen LogP contribution in [0.15, 0.2) is 41.7 Å². The van der Waals surface area contributed by atoms with Gasteiger partial charge in [-0.2, -0.15) is 0 Å². The van der Waals surface area contributed by atoms with Crippen molar-refractivity contribution in [2.45, 2.75) is 69.6 Å². The predicted octanol–water partition coefficient (Wildman–Crippen LogP) is 5.97. The molecule has 37 heavy (non-hydrogen) atoms. The van der Waals surface area contributed by atoms with Crippen molar-refractivity contribution in [3.8, 4) is 5.69 Å². The van der Waals surface area contributed by atoms with Crippen molar-refractivity contribution >= 4 is 20.6 Å². The van der Waals surface area contributed by atoms with Crippen LogP contribution in [-0.4, -0.2) is 56.3 Å². The zero-order valence-corrected chi connectivity index (χ0v) is 23.2. The molecule has 200 valence electrons. The molecule has 0 saturated carbocycles. The molecule has 4 heterocycles. The maximum atomic E-state index is 14.2. The second kappa shape index (κ2) is 10.5. The molecular formula is C29H39FN4O2S. The fourth-order valence-electron chi connectivity index (χ4n) is 6.20. The Morgan fingerprint density at radius 2 is 1.95 bits per heavy atom. The molecule has 1 N–H and O–H groups in total. The van der Waals surface area contributed by atoms with E-state index in [-0.39, 0.29) is 4.90 Å². The van der Waals surface area contributed by atoms with Crippen molar-refractivity contribution in [2.75, 3.05) is 26.3 Å². The highest BCUT2D eigenvalue weighted by Crippen LogP contribution is 2.34. The van der Waals surface area contributed by atoms with Crippen LogP contribution >= 0.6 is 0 Å². The second-order valence-corrected chi connectivity index (χ2v) is 13.8. The number of rotatable bonds is 7. The first-order chi connectivity index (χ1) is 17.7. The van der Waals surface area contributed by atoms with Gasteiger partial charge in [-0.05, 0) is 101 Å². The maximum Gasteiger partial charge on any atom is 0.124 e. The molecule has 2 fully saturated rings. The van der Waals surface area contributed by atoms with E-state index >= 15 is 0 Å². The topological polar surface area (TPSA) is 71.2 Å². The summed E-state index contributed by atoms with van der Waals surface area (Å²) < 4.78 is 43.6. The van der Waals surface area contributed by atoms with E-state index in [1.54, 1.807) is 19.9 Å². The van der Waals surface area contributed by atoms with Crippen LogP contribution in [0.25, 0.3) is 16.6 Å². The first-order valence-electron chi connectivity index (χ1n) is 13.5. The lowest BCUT2D eigenvalue weighted by Crippen LogP contribution is -2.39. The van der Waals surface area contributed by atoms with E-state index in [0.717, 1.165) is 68.0 Å². The summed E-state index contributed by atoms with van der Waals surface area (Å²) in [7, 11) is -3.18. The highest BCUT2D eigenvalue weighted by molar-refractivity contribution is 7.93. The van der Waals surface area contributed by atoms with Crippen molar-refractivity contribution in [3.63, 3.8) is 0 Å². The normalized spacial score (nSPS) is 22.1. The largest absolute Gasteiger partial charge is 0.381 e. The third-order valence-corrected chi connectivity index (χ3v) is 10.8. The van der Waals surface area contributed by atoms with Crippen LogP contribution in [0, 0.1) is 29.4 Å². The number of halogens is 1. The molecule has 2 aliphatic heterocycles. The summed E-state index contributed by atoms with van der Waals surface area (Å²) >= 11 is 0. The summed E-state index contributed by atoms with van der Waals surface area (Å²) in [6.07, 6.45) is 10.3. The molecule has 2 saturated heterocycles. The molecular weight excluding hydrogens is 487 g/mol. The smallest absolute Gasteiger partial charge is 0.124 e. The van der Waals surface area contributed by atoms with E-state index in [2.05, 4.69) is 23.7 Å². The maximum absolute atomic E-state index is 14.2. The van der Waals surface area contributed by atoms with Gasteiger partial charge in [0.1, 0.15) is 5.82 Å². The molecule has 3 aromatic rings. The molecule has 0 aliphatic carbocycles. The molecule has 2 aromatic heterocycles. The third-order valence-electron chi connectivity index (χ3n) is 8.50. The Balaban J connectivity index is 1.44. The van der Waals surface area contributed by atoms with Gasteiger partial charge in [0.2, 0.25) is 0 Å². The minimum absolute atomic E-state index is 0.235. The minimum Gasteiger partial charge on any atom is -0.381 e. The van der Waals surface area contributed by atoms with Crippen molar-refractivity contribution < 1.29 is 13.3 Å². The number of pyridine rings is 1. The van der Waals surface area contributed by atoms with E-state index in [9.17, 15) is 8.60 Å². The summed E-state index contributed by atoms with van der Waals surface area (Å²) in [5.41, 5.74) is 3.82. The van der Waals surface area contributed by atoms with Crippen LogP contribution in [0.3, 0.4) is 0 Å². The van der Waals surface area contributed by atoms with Crippen LogP contribution in [0.1, 0.15) is 51.2 Å². The van der Waals surface area contributed by atoms with Gasteiger partial charge in [-0.15, -0.1) is 0 Å². The molecule has 8 heteroatoms. The van der Waals surface area contributed by atoms with Gasteiger partial charge in [0, 0.05) is 48.8 Å². The number of aromatic nitrogens is 2. The van der Waals surface area contributed by atoms with Gasteiger partial charge in [0.25, 0.3) is 0 Å². The first-order valence-corrected chi connectivity index (χ1v) is 15.1. The van der Waals surface area contributed by atoms with Crippen LogP contribution in [-0.2, 0) is 20.9 Å². The average Bonchev–Trinajstić information content (AvgIpc) is 3.49. The van der Waals surface area contributed by atoms with Gasteiger partial charge in [-0.3, -0.25) is 4.98 Å². The average molecular weight is 527 g/mol. The SMILES string of the molecule is Cc1cn(-c2ccc(F)cc2S(=N)(=O)C(C)C)c2cncc(CC3CCN([C@H](C)C4CCOCC4)C3)c12. The second-order valence-electron chi connectivity index (χ2n) is 11.2. The van der Waals surface area contributed by atoms with Crippen molar-refractivity contribution in [1.29, 1.82) is 4.78 Å². The monoisotopic (exact) mass is 526 g/mol. The summed E-state index contributed by atoms with van der Waals surface area (Å²) in [6, 6.07) is 4.86. The number of hydrogen-bond donors (Lipinski definition) is 1. The van der Waals surface area contributed by atoms with Crippen LogP contribution in [0.4, 0.5) is 4.39 Å². The molecule has 0 bridgehead atoms. The zero-order valence-electron chi connectivity index (χ0n) is 22.4. The molecule has 0 radical (unpaired) electrons. The molecule has 2 aliphatic rings. The lowest BCUT2D eigenvalue weighted by Gasteiger charge is -2.34. The van der Waals surface area contributed by atoms with Gasteiger partial charge in [0.15, 0.2) is 0 Å². The number of nitrogens with one attached hydrogen (secondary N) is 1. The Labute approximate surface area is 220 Å². The number of ether oxygens (including phenoxy) is 1. The fraction of sp³-hybridized carbons (Fsp3) is 0.552. The molecule has 0 amide bonds. The summed E-state index contributed by atoms with van der Waals surface area (Å²) in [5, 5.41) is 0.723. The van der Waals surface area contributed by atoms with Crippen LogP contribution < -0.4 is 0 Å². The van der Waals surface area contributed by atoms with Gasteiger partial charge in [-0.25, -0.2) is 13.4 Å². The number of fused-ring (bicyclic) bond motifs is 1. The predicted molar refractivity (Wildman–Crippen MR) is 146 cm³/mol. The number of aryl methyl sites for hydroxylation is 1. The molecule has 5 rings (SSSR count). The van der Waals surface area contributed by atoms with Crippen molar-refractivity contribution in [2.24, 2.45) is 11.8 Å². The van der Waals surface area contributed by atoms with E-state index < -0.39 is 20.8 Å². The zero-order chi connectivity index (χ0) is 26.3. The van der Waals surface area contributed by atoms with E-state index in [4.69, 9.17) is 9.52 Å². The minimum atomic E-state index is -3.18. The highest BCUT2D eigenvalue weighted by atomic mass is 32.2.